The molecule has 0 aliphatic rings. The van der Waals surface area contributed by atoms with Crippen LogP contribution in [0.4, 0.5) is 0 Å². The molecule has 0 radical (unpaired) electrons. The first-order valence-corrected chi connectivity index (χ1v) is 9.86. The number of benzene rings is 2. The zero-order chi connectivity index (χ0) is 19.5. The van der Waals surface area contributed by atoms with Gasteiger partial charge in [-0.05, 0) is 48.2 Å². The maximum atomic E-state index is 11.4. The highest BCUT2D eigenvalue weighted by molar-refractivity contribution is 7.86. The van der Waals surface area contributed by atoms with E-state index in [-0.39, 0.29) is 35.1 Å². The zero-order valence-electron chi connectivity index (χ0n) is 13.0. The Hall–Kier alpha value is -2.76. The Kier molecular flexibility index (Phi) is 5.44. The summed E-state index contributed by atoms with van der Waals surface area (Å²) in [6.07, 6.45) is -0.117. The molecule has 2 aromatic rings. The van der Waals surface area contributed by atoms with Crippen LogP contribution in [-0.4, -0.2) is 25.9 Å². The second-order valence-corrected chi connectivity index (χ2v) is 7.97. The molecule has 0 aromatic heterocycles. The molecule has 0 unspecified atom stereocenters. The molecule has 0 N–H and O–H groups in total. The van der Waals surface area contributed by atoms with Gasteiger partial charge in [-0.2, -0.15) is 10.5 Å². The Balaban J connectivity index is 2.45. The van der Waals surface area contributed by atoms with Gasteiger partial charge in [-0.3, -0.25) is 0 Å². The van der Waals surface area contributed by atoms with Crippen molar-refractivity contribution in [3.63, 3.8) is 0 Å². The minimum absolute atomic E-state index is 0.00984. The predicted octanol–water partition coefficient (Wildman–Crippen LogP) is 1.02. The van der Waals surface area contributed by atoms with Crippen LogP contribution in [0.15, 0.2) is 46.2 Å². The van der Waals surface area contributed by atoms with Crippen molar-refractivity contribution in [1.29, 1.82) is 10.5 Å². The van der Waals surface area contributed by atoms with Gasteiger partial charge in [-0.25, -0.2) is 16.8 Å². The number of nitrogens with zero attached hydrogens (tertiary/aromatic N) is 2. The topological polar surface area (TPSA) is 162 Å². The van der Waals surface area contributed by atoms with Gasteiger partial charge in [0, 0.05) is 0 Å². The molecule has 0 heterocycles. The number of nitriles is 2. The highest BCUT2D eigenvalue weighted by atomic mass is 32.2. The summed E-state index contributed by atoms with van der Waals surface area (Å²) in [6.45, 7) is 0. The molecule has 0 amide bonds. The third-order valence-corrected chi connectivity index (χ3v) is 5.43. The molecule has 0 fully saturated rings. The Morgan fingerprint density at radius 1 is 0.731 bits per heavy atom. The molecule has 10 heteroatoms. The average Bonchev–Trinajstić information content (AvgIpc) is 2.58. The molecule has 0 aliphatic heterocycles. The van der Waals surface area contributed by atoms with Crippen LogP contribution in [0.5, 0.6) is 0 Å². The summed E-state index contributed by atoms with van der Waals surface area (Å²) in [4.78, 5) is -1.14. The SMILES string of the molecule is N#Cc1ccc(CCc2ccc(C#N)cc2S(=O)(=O)[O-])c(S(=O)(=O)[O-])c1. The van der Waals surface area contributed by atoms with E-state index in [2.05, 4.69) is 0 Å². The maximum Gasteiger partial charge on any atom is 0.124 e. The first-order chi connectivity index (χ1) is 12.1. The molecule has 26 heavy (non-hydrogen) atoms. The summed E-state index contributed by atoms with van der Waals surface area (Å²) in [5.41, 5.74) is 0.170. The summed E-state index contributed by atoms with van der Waals surface area (Å²) in [5.74, 6) is 0. The largest absolute Gasteiger partial charge is 0.744 e. The van der Waals surface area contributed by atoms with E-state index in [0.717, 1.165) is 12.1 Å². The average molecular weight is 390 g/mol. The van der Waals surface area contributed by atoms with Crippen LogP contribution in [0.3, 0.4) is 0 Å². The lowest BCUT2D eigenvalue weighted by atomic mass is 10.0. The van der Waals surface area contributed by atoms with Crippen LogP contribution in [0, 0.1) is 22.7 Å². The van der Waals surface area contributed by atoms with Gasteiger partial charge in [0.05, 0.1) is 33.1 Å². The van der Waals surface area contributed by atoms with Gasteiger partial charge in [-0.15, -0.1) is 0 Å². The van der Waals surface area contributed by atoms with Crippen LogP contribution >= 0.6 is 0 Å². The third-order valence-electron chi connectivity index (χ3n) is 3.59. The van der Waals surface area contributed by atoms with Crippen molar-refractivity contribution in [1.82, 2.24) is 0 Å². The van der Waals surface area contributed by atoms with Crippen LogP contribution in [0.25, 0.3) is 0 Å². The van der Waals surface area contributed by atoms with Gasteiger partial charge in [0.25, 0.3) is 0 Å². The summed E-state index contributed by atoms with van der Waals surface area (Å²) >= 11 is 0. The monoisotopic (exact) mass is 390 g/mol. The quantitative estimate of drug-likeness (QED) is 0.683. The van der Waals surface area contributed by atoms with Gasteiger partial charge in [0.15, 0.2) is 0 Å². The highest BCUT2D eigenvalue weighted by Gasteiger charge is 2.14. The maximum absolute atomic E-state index is 11.4. The van der Waals surface area contributed by atoms with E-state index < -0.39 is 30.0 Å². The van der Waals surface area contributed by atoms with E-state index in [1.54, 1.807) is 12.1 Å². The molecule has 0 saturated heterocycles. The molecular formula is C16H10N2O6S2-2. The summed E-state index contributed by atoms with van der Waals surface area (Å²) in [5, 5.41) is 17.7. The Bertz CT molecular complexity index is 1060. The van der Waals surface area contributed by atoms with Crippen LogP contribution in [0.1, 0.15) is 22.3 Å². The Morgan fingerprint density at radius 3 is 1.35 bits per heavy atom. The Labute approximate surface area is 150 Å². The number of aryl methyl sites for hydroxylation is 2. The smallest absolute Gasteiger partial charge is 0.124 e. The van der Waals surface area contributed by atoms with Crippen molar-refractivity contribution in [2.24, 2.45) is 0 Å². The molecule has 0 aliphatic carbocycles. The van der Waals surface area contributed by atoms with Gasteiger partial charge >= 0.3 is 0 Å². The lowest BCUT2D eigenvalue weighted by molar-refractivity contribution is 0.459. The molecule has 2 rings (SSSR count). The lowest BCUT2D eigenvalue weighted by Gasteiger charge is -2.16. The normalized spacial score (nSPS) is 11.5. The van der Waals surface area contributed by atoms with Gasteiger partial charge in [-0.1, -0.05) is 12.1 Å². The second-order valence-electron chi connectivity index (χ2n) is 5.28. The summed E-state index contributed by atoms with van der Waals surface area (Å²) < 4.78 is 68.4. The number of rotatable bonds is 5. The van der Waals surface area contributed by atoms with E-state index in [1.807, 2.05) is 0 Å². The fourth-order valence-electron chi connectivity index (χ4n) is 2.40. The highest BCUT2D eigenvalue weighted by Crippen LogP contribution is 2.23. The van der Waals surface area contributed by atoms with Crippen LogP contribution < -0.4 is 0 Å². The summed E-state index contributed by atoms with van der Waals surface area (Å²) in [6, 6.07) is 10.6. The van der Waals surface area contributed by atoms with E-state index in [0.29, 0.717) is 0 Å². The molecular weight excluding hydrogens is 380 g/mol. The minimum Gasteiger partial charge on any atom is -0.744 e. The fourth-order valence-corrected chi connectivity index (χ4v) is 3.92. The molecule has 0 saturated carbocycles. The van der Waals surface area contributed by atoms with E-state index in [1.165, 1.54) is 24.3 Å². The third kappa shape index (κ3) is 4.45. The molecule has 0 bridgehead atoms. The number of hydrogen-bond acceptors (Lipinski definition) is 8. The number of hydrogen-bond donors (Lipinski definition) is 0. The van der Waals surface area contributed by atoms with Crippen molar-refractivity contribution >= 4 is 20.2 Å². The van der Waals surface area contributed by atoms with E-state index >= 15 is 0 Å². The van der Waals surface area contributed by atoms with Crippen LogP contribution in [0.2, 0.25) is 0 Å². The second kappa shape index (κ2) is 7.23. The predicted molar refractivity (Wildman–Crippen MR) is 85.6 cm³/mol. The zero-order valence-corrected chi connectivity index (χ0v) is 14.7. The molecule has 0 atom stereocenters. The van der Waals surface area contributed by atoms with Gasteiger partial charge in [0.2, 0.25) is 0 Å². The van der Waals surface area contributed by atoms with Crippen molar-refractivity contribution in [2.45, 2.75) is 22.6 Å². The molecule has 134 valence electrons. The summed E-state index contributed by atoms with van der Waals surface area (Å²) in [7, 11) is -9.69. The fraction of sp³-hybridized carbons (Fsp3) is 0.125. The molecule has 8 nitrogen and oxygen atoms in total. The van der Waals surface area contributed by atoms with Gasteiger partial charge < -0.3 is 9.11 Å². The Morgan fingerprint density at radius 2 is 1.08 bits per heavy atom. The van der Waals surface area contributed by atoms with E-state index in [9.17, 15) is 25.9 Å². The molecule has 2 aromatic carbocycles. The lowest BCUT2D eigenvalue weighted by Crippen LogP contribution is -2.08. The van der Waals surface area contributed by atoms with Gasteiger partial charge in [0.1, 0.15) is 20.2 Å². The first kappa shape index (κ1) is 19.6. The van der Waals surface area contributed by atoms with E-state index in [4.69, 9.17) is 10.5 Å². The standard InChI is InChI=1S/C16H12N2O6S2/c17-9-11-1-3-13(15(7-11)25(19,20)21)5-6-14-4-2-12(10-18)8-16(14)26(22,23)24/h1-4,7-8H,5-6H2,(H,19,20,21)(H,22,23,24)/p-2. The van der Waals surface area contributed by atoms with Crippen molar-refractivity contribution in [3.8, 4) is 12.1 Å². The minimum atomic E-state index is -4.84. The van der Waals surface area contributed by atoms with Crippen LogP contribution in [-0.2, 0) is 33.1 Å². The van der Waals surface area contributed by atoms with Crippen molar-refractivity contribution in [2.75, 3.05) is 0 Å². The first-order valence-electron chi connectivity index (χ1n) is 7.04. The van der Waals surface area contributed by atoms with Crippen molar-refractivity contribution in [3.05, 3.63) is 58.7 Å². The van der Waals surface area contributed by atoms with Crippen molar-refractivity contribution < 1.29 is 25.9 Å². The molecule has 0 spiro atoms.